The van der Waals surface area contributed by atoms with E-state index in [2.05, 4.69) is 26.6 Å². The Balaban J connectivity index is 1.95. The number of anilines is 2. The molecule has 0 heterocycles. The number of carbonyl (C=O) groups excluding carboxylic acids is 2. The van der Waals surface area contributed by atoms with E-state index in [-0.39, 0.29) is 17.7 Å². The number of aryl methyl sites for hydroxylation is 1. The summed E-state index contributed by atoms with van der Waals surface area (Å²) in [5.74, 6) is 0.224. The lowest BCUT2D eigenvalue weighted by Crippen LogP contribution is -2.30. The van der Waals surface area contributed by atoms with Crippen LogP contribution in [-0.4, -0.2) is 17.9 Å². The summed E-state index contributed by atoms with van der Waals surface area (Å²) in [4.78, 5) is 24.0. The van der Waals surface area contributed by atoms with Crippen molar-refractivity contribution >= 4 is 39.1 Å². The molecule has 26 heavy (non-hydrogen) atoms. The number of halogens is 1. The Kier molecular flexibility index (Phi) is 6.80. The van der Waals surface area contributed by atoms with Crippen LogP contribution in [0.4, 0.5) is 11.4 Å². The van der Waals surface area contributed by atoms with Gasteiger partial charge < -0.3 is 15.4 Å². The van der Waals surface area contributed by atoms with Crippen molar-refractivity contribution in [2.24, 2.45) is 5.92 Å². The molecule has 0 fully saturated rings. The summed E-state index contributed by atoms with van der Waals surface area (Å²) in [5, 5.41) is 5.61. The molecule has 6 heteroatoms. The van der Waals surface area contributed by atoms with Crippen molar-refractivity contribution in [1.29, 1.82) is 0 Å². The second kappa shape index (κ2) is 8.85. The molecular weight excluding hydrogens is 396 g/mol. The highest BCUT2D eigenvalue weighted by atomic mass is 79.9. The van der Waals surface area contributed by atoms with Crippen LogP contribution in [0.15, 0.2) is 46.9 Å². The summed E-state index contributed by atoms with van der Waals surface area (Å²) in [6, 6.07) is 12.7. The fraction of sp³-hybridized carbons (Fsp3) is 0.300. The van der Waals surface area contributed by atoms with Crippen molar-refractivity contribution in [2.75, 3.05) is 10.6 Å². The standard InChI is InChI=1S/C20H23BrN2O3/c1-12(2)19(24)22-15-6-8-16(9-7-15)23-20(25)14(4)26-18-10-5-13(3)11-17(18)21/h5-12,14H,1-4H3,(H,22,24)(H,23,25)/t14-/m0/s1. The van der Waals surface area contributed by atoms with Crippen molar-refractivity contribution < 1.29 is 14.3 Å². The molecule has 2 aromatic rings. The molecule has 0 bridgehead atoms. The van der Waals surface area contributed by atoms with E-state index in [0.717, 1.165) is 10.0 Å². The number of amides is 2. The quantitative estimate of drug-likeness (QED) is 0.710. The van der Waals surface area contributed by atoms with Gasteiger partial charge in [-0.3, -0.25) is 9.59 Å². The van der Waals surface area contributed by atoms with Crippen molar-refractivity contribution in [3.8, 4) is 5.75 Å². The van der Waals surface area contributed by atoms with E-state index >= 15 is 0 Å². The Morgan fingerprint density at radius 3 is 1.96 bits per heavy atom. The highest BCUT2D eigenvalue weighted by Crippen LogP contribution is 2.27. The topological polar surface area (TPSA) is 67.4 Å². The maximum Gasteiger partial charge on any atom is 0.265 e. The predicted molar refractivity (Wildman–Crippen MR) is 108 cm³/mol. The second-order valence-corrected chi connectivity index (χ2v) is 7.26. The molecule has 0 aromatic heterocycles. The molecule has 0 aliphatic rings. The highest BCUT2D eigenvalue weighted by molar-refractivity contribution is 9.10. The van der Waals surface area contributed by atoms with Crippen molar-refractivity contribution in [3.63, 3.8) is 0 Å². The fourth-order valence-corrected chi connectivity index (χ4v) is 2.70. The third-order valence-corrected chi connectivity index (χ3v) is 4.32. The monoisotopic (exact) mass is 418 g/mol. The third kappa shape index (κ3) is 5.59. The summed E-state index contributed by atoms with van der Waals surface area (Å²) >= 11 is 3.44. The molecule has 2 amide bonds. The summed E-state index contributed by atoms with van der Waals surface area (Å²) < 4.78 is 6.53. The lowest BCUT2D eigenvalue weighted by atomic mass is 10.2. The Bertz CT molecular complexity index is 788. The SMILES string of the molecule is Cc1ccc(O[C@@H](C)C(=O)Nc2ccc(NC(=O)C(C)C)cc2)c(Br)c1. The molecule has 0 aliphatic carbocycles. The van der Waals surface area contributed by atoms with Gasteiger partial charge in [0.2, 0.25) is 5.91 Å². The van der Waals surface area contributed by atoms with E-state index in [1.54, 1.807) is 31.2 Å². The van der Waals surface area contributed by atoms with Crippen LogP contribution >= 0.6 is 15.9 Å². The van der Waals surface area contributed by atoms with Gasteiger partial charge in [-0.05, 0) is 71.7 Å². The molecule has 0 radical (unpaired) electrons. The lowest BCUT2D eigenvalue weighted by Gasteiger charge is -2.16. The van der Waals surface area contributed by atoms with E-state index < -0.39 is 6.10 Å². The van der Waals surface area contributed by atoms with Gasteiger partial charge in [0.1, 0.15) is 5.75 Å². The summed E-state index contributed by atoms with van der Waals surface area (Å²) in [7, 11) is 0. The lowest BCUT2D eigenvalue weighted by molar-refractivity contribution is -0.122. The zero-order valence-electron chi connectivity index (χ0n) is 15.3. The molecule has 2 rings (SSSR count). The van der Waals surface area contributed by atoms with Gasteiger partial charge >= 0.3 is 0 Å². The number of hydrogen-bond acceptors (Lipinski definition) is 3. The van der Waals surface area contributed by atoms with Gasteiger partial charge in [-0.2, -0.15) is 0 Å². The molecule has 1 atom stereocenters. The first-order valence-corrected chi connectivity index (χ1v) is 9.20. The average Bonchev–Trinajstić information content (AvgIpc) is 2.58. The van der Waals surface area contributed by atoms with Crippen molar-refractivity contribution in [3.05, 3.63) is 52.5 Å². The van der Waals surface area contributed by atoms with Crippen LogP contribution in [0.25, 0.3) is 0 Å². The molecule has 0 saturated carbocycles. The zero-order chi connectivity index (χ0) is 19.3. The summed E-state index contributed by atoms with van der Waals surface area (Å²) in [6.07, 6.45) is -0.658. The molecule has 0 aliphatic heterocycles. The Labute approximate surface area is 162 Å². The molecule has 138 valence electrons. The van der Waals surface area contributed by atoms with Gasteiger partial charge in [-0.1, -0.05) is 19.9 Å². The minimum absolute atomic E-state index is 0.0486. The van der Waals surface area contributed by atoms with E-state index in [9.17, 15) is 9.59 Å². The Morgan fingerprint density at radius 1 is 0.923 bits per heavy atom. The van der Waals surface area contributed by atoms with Crippen molar-refractivity contribution in [1.82, 2.24) is 0 Å². The van der Waals surface area contributed by atoms with Crippen LogP contribution in [0.2, 0.25) is 0 Å². The third-order valence-electron chi connectivity index (χ3n) is 3.70. The molecule has 5 nitrogen and oxygen atoms in total. The first-order chi connectivity index (χ1) is 12.3. The second-order valence-electron chi connectivity index (χ2n) is 6.40. The minimum atomic E-state index is -0.658. The number of hydrogen-bond donors (Lipinski definition) is 2. The summed E-state index contributed by atoms with van der Waals surface area (Å²) in [6.45, 7) is 7.34. The normalized spacial score (nSPS) is 11.8. The molecule has 0 saturated heterocycles. The first-order valence-electron chi connectivity index (χ1n) is 8.41. The van der Waals surface area contributed by atoms with Gasteiger partial charge in [0.05, 0.1) is 4.47 Å². The zero-order valence-corrected chi connectivity index (χ0v) is 16.9. The Hall–Kier alpha value is -2.34. The molecule has 2 aromatic carbocycles. The van der Waals surface area contributed by atoms with Gasteiger partial charge in [0.25, 0.3) is 5.91 Å². The average molecular weight is 419 g/mol. The smallest absolute Gasteiger partial charge is 0.265 e. The van der Waals surface area contributed by atoms with Gasteiger partial charge in [-0.15, -0.1) is 0 Å². The number of rotatable bonds is 6. The number of benzene rings is 2. The number of nitrogens with one attached hydrogen (secondary N) is 2. The largest absolute Gasteiger partial charge is 0.480 e. The van der Waals surface area contributed by atoms with E-state index in [4.69, 9.17) is 4.74 Å². The van der Waals surface area contributed by atoms with Gasteiger partial charge in [-0.25, -0.2) is 0 Å². The summed E-state index contributed by atoms with van der Waals surface area (Å²) in [5.41, 5.74) is 2.43. The fourth-order valence-electron chi connectivity index (χ4n) is 2.11. The van der Waals surface area contributed by atoms with E-state index in [1.807, 2.05) is 39.0 Å². The maximum absolute atomic E-state index is 12.3. The van der Waals surface area contributed by atoms with Gasteiger partial charge in [0, 0.05) is 17.3 Å². The molecule has 2 N–H and O–H groups in total. The predicted octanol–water partition coefficient (Wildman–Crippen LogP) is 4.76. The number of ether oxygens (including phenoxy) is 1. The van der Waals surface area contributed by atoms with Crippen LogP contribution in [-0.2, 0) is 9.59 Å². The molecular formula is C20H23BrN2O3. The molecule has 0 unspecified atom stereocenters. The van der Waals surface area contributed by atoms with Crippen LogP contribution in [0, 0.1) is 12.8 Å². The van der Waals surface area contributed by atoms with Crippen LogP contribution in [0.1, 0.15) is 26.3 Å². The van der Waals surface area contributed by atoms with Crippen LogP contribution in [0.3, 0.4) is 0 Å². The minimum Gasteiger partial charge on any atom is -0.480 e. The highest BCUT2D eigenvalue weighted by Gasteiger charge is 2.16. The number of carbonyl (C=O) groups is 2. The maximum atomic E-state index is 12.3. The van der Waals surface area contributed by atoms with Gasteiger partial charge in [0.15, 0.2) is 6.10 Å². The van der Waals surface area contributed by atoms with E-state index in [1.165, 1.54) is 0 Å². The molecule has 0 spiro atoms. The van der Waals surface area contributed by atoms with Crippen molar-refractivity contribution in [2.45, 2.75) is 33.8 Å². The Morgan fingerprint density at radius 2 is 1.46 bits per heavy atom. The van der Waals surface area contributed by atoms with Crippen LogP contribution < -0.4 is 15.4 Å². The van der Waals surface area contributed by atoms with Crippen LogP contribution in [0.5, 0.6) is 5.75 Å². The van der Waals surface area contributed by atoms with E-state index in [0.29, 0.717) is 17.1 Å². The first kappa shape index (κ1) is 20.0.